The van der Waals surface area contributed by atoms with Crippen LogP contribution in [-0.4, -0.2) is 24.0 Å². The smallest absolute Gasteiger partial charge is 0.134 e. The van der Waals surface area contributed by atoms with Crippen LogP contribution in [0.15, 0.2) is 41.6 Å². The first-order chi connectivity index (χ1) is 12.9. The molecule has 1 N–H and O–H groups in total. The Bertz CT molecular complexity index is 815. The van der Waals surface area contributed by atoms with E-state index >= 15 is 0 Å². The standard InChI is InChI=1S/C24H32BNO/c1-23-9-7-17(27)12-16(23)5-6-18-19(23)8-10-24(2)20(18)13-21(25)22(24)15-4-3-11-26-14-15/h3-5,11,14,17-20,27H,6-10,12-13,25H2,1-2H3/t17-,18?,19?,20?,23-,24-/m0/s1. The first-order valence-corrected chi connectivity index (χ1v) is 10.9. The van der Waals surface area contributed by atoms with E-state index in [2.05, 4.69) is 51.1 Å². The Balaban J connectivity index is 1.51. The Morgan fingerprint density at radius 3 is 2.70 bits per heavy atom. The lowest BCUT2D eigenvalue weighted by Gasteiger charge is -2.57. The van der Waals surface area contributed by atoms with Crippen molar-refractivity contribution in [2.45, 2.75) is 64.9 Å². The maximum Gasteiger partial charge on any atom is 0.134 e. The highest BCUT2D eigenvalue weighted by molar-refractivity contribution is 6.26. The average molecular weight is 361 g/mol. The normalized spacial score (nSPS) is 43.6. The topological polar surface area (TPSA) is 33.1 Å². The quantitative estimate of drug-likeness (QED) is 0.596. The molecule has 0 saturated heterocycles. The number of nitrogens with zero attached hydrogens (tertiary/aromatic N) is 1. The van der Waals surface area contributed by atoms with Crippen molar-refractivity contribution in [2.24, 2.45) is 28.6 Å². The van der Waals surface area contributed by atoms with E-state index in [1.54, 1.807) is 16.6 Å². The van der Waals surface area contributed by atoms with E-state index in [0.29, 0.717) is 10.8 Å². The molecule has 1 aromatic rings. The van der Waals surface area contributed by atoms with Gasteiger partial charge in [-0.3, -0.25) is 4.98 Å². The molecule has 0 aliphatic heterocycles. The molecule has 4 aliphatic carbocycles. The van der Waals surface area contributed by atoms with Gasteiger partial charge in [-0.1, -0.05) is 31.6 Å². The summed E-state index contributed by atoms with van der Waals surface area (Å²) in [6.45, 7) is 5.06. The molecule has 142 valence electrons. The fraction of sp³-hybridized carbons (Fsp3) is 0.625. The van der Waals surface area contributed by atoms with Crippen molar-refractivity contribution in [3.05, 3.63) is 47.2 Å². The van der Waals surface area contributed by atoms with Gasteiger partial charge in [0.05, 0.1) is 6.10 Å². The number of aromatic nitrogens is 1. The average Bonchev–Trinajstić information content (AvgIpc) is 2.93. The van der Waals surface area contributed by atoms with Crippen LogP contribution in [-0.2, 0) is 0 Å². The van der Waals surface area contributed by atoms with E-state index in [4.69, 9.17) is 0 Å². The molecular weight excluding hydrogens is 329 g/mol. The second kappa shape index (κ2) is 6.07. The van der Waals surface area contributed by atoms with Crippen LogP contribution in [0, 0.1) is 28.6 Å². The zero-order valence-corrected chi connectivity index (χ0v) is 17.0. The molecule has 0 radical (unpaired) electrons. The molecule has 0 amide bonds. The van der Waals surface area contributed by atoms with Crippen molar-refractivity contribution in [1.82, 2.24) is 4.98 Å². The molecule has 6 atom stereocenters. The molecule has 2 fully saturated rings. The van der Waals surface area contributed by atoms with Crippen LogP contribution in [0.25, 0.3) is 5.57 Å². The van der Waals surface area contributed by atoms with Gasteiger partial charge in [0, 0.05) is 12.4 Å². The van der Waals surface area contributed by atoms with Crippen molar-refractivity contribution in [3.63, 3.8) is 0 Å². The molecule has 5 rings (SSSR count). The minimum Gasteiger partial charge on any atom is -0.393 e. The van der Waals surface area contributed by atoms with Gasteiger partial charge in [-0.2, -0.15) is 0 Å². The number of hydrogen-bond donors (Lipinski definition) is 1. The van der Waals surface area contributed by atoms with E-state index in [1.165, 1.54) is 37.7 Å². The summed E-state index contributed by atoms with van der Waals surface area (Å²) in [6, 6.07) is 4.34. The number of rotatable bonds is 1. The number of allylic oxidation sites excluding steroid dienone is 3. The molecule has 3 unspecified atom stereocenters. The van der Waals surface area contributed by atoms with E-state index < -0.39 is 0 Å². The van der Waals surface area contributed by atoms with Crippen LogP contribution < -0.4 is 0 Å². The van der Waals surface area contributed by atoms with Crippen LogP contribution in [0.5, 0.6) is 0 Å². The molecular formula is C24H32BNO. The molecule has 1 aromatic heterocycles. The van der Waals surface area contributed by atoms with Gasteiger partial charge in [0.25, 0.3) is 0 Å². The first-order valence-electron chi connectivity index (χ1n) is 10.9. The van der Waals surface area contributed by atoms with Crippen LogP contribution in [0.2, 0.25) is 0 Å². The monoisotopic (exact) mass is 361 g/mol. The summed E-state index contributed by atoms with van der Waals surface area (Å²) in [5.41, 5.74) is 6.73. The summed E-state index contributed by atoms with van der Waals surface area (Å²) in [6.07, 6.45) is 14.6. The third-order valence-corrected chi connectivity index (χ3v) is 8.94. The number of aliphatic hydroxyl groups is 1. The maximum absolute atomic E-state index is 10.2. The minimum atomic E-state index is -0.109. The van der Waals surface area contributed by atoms with Gasteiger partial charge in [0.2, 0.25) is 0 Å². The van der Waals surface area contributed by atoms with Crippen LogP contribution in [0.4, 0.5) is 0 Å². The molecule has 0 spiro atoms. The predicted molar refractivity (Wildman–Crippen MR) is 113 cm³/mol. The molecule has 2 saturated carbocycles. The van der Waals surface area contributed by atoms with E-state index in [0.717, 1.165) is 30.6 Å². The Hall–Kier alpha value is -1.35. The second-order valence-electron chi connectivity index (χ2n) is 10.2. The van der Waals surface area contributed by atoms with Crippen molar-refractivity contribution in [1.29, 1.82) is 0 Å². The Labute approximate surface area is 164 Å². The van der Waals surface area contributed by atoms with Gasteiger partial charge in [0.15, 0.2) is 0 Å². The molecule has 1 heterocycles. The largest absolute Gasteiger partial charge is 0.393 e. The lowest BCUT2D eigenvalue weighted by molar-refractivity contribution is -0.0239. The summed E-state index contributed by atoms with van der Waals surface area (Å²) in [4.78, 5) is 4.42. The summed E-state index contributed by atoms with van der Waals surface area (Å²) in [7, 11) is 2.36. The second-order valence-corrected chi connectivity index (χ2v) is 10.2. The van der Waals surface area contributed by atoms with Crippen molar-refractivity contribution in [2.75, 3.05) is 0 Å². The van der Waals surface area contributed by atoms with Gasteiger partial charge in [-0.15, -0.1) is 5.47 Å². The minimum absolute atomic E-state index is 0.109. The van der Waals surface area contributed by atoms with Crippen molar-refractivity contribution < 1.29 is 5.11 Å². The number of aliphatic hydroxyl groups excluding tert-OH is 1. The molecule has 0 bridgehead atoms. The zero-order chi connectivity index (χ0) is 18.8. The molecule has 2 nitrogen and oxygen atoms in total. The molecule has 0 aromatic carbocycles. The van der Waals surface area contributed by atoms with Gasteiger partial charge in [0.1, 0.15) is 7.85 Å². The van der Waals surface area contributed by atoms with E-state index in [1.807, 2.05) is 6.20 Å². The zero-order valence-electron chi connectivity index (χ0n) is 17.0. The van der Waals surface area contributed by atoms with E-state index in [-0.39, 0.29) is 6.10 Å². The molecule has 3 heteroatoms. The highest BCUT2D eigenvalue weighted by Gasteiger charge is 2.57. The Kier molecular flexibility index (Phi) is 3.99. The summed E-state index contributed by atoms with van der Waals surface area (Å²) in [5, 5.41) is 10.2. The van der Waals surface area contributed by atoms with Gasteiger partial charge < -0.3 is 5.11 Å². The van der Waals surface area contributed by atoms with Gasteiger partial charge >= 0.3 is 0 Å². The lowest BCUT2D eigenvalue weighted by Crippen LogP contribution is -2.49. The SMILES string of the molecule is BC1=C(c2cccnc2)[C@@]2(C)CCC3C(CC=C4C[C@@H](O)CC[C@@]43C)C2C1. The third kappa shape index (κ3) is 2.46. The van der Waals surface area contributed by atoms with Gasteiger partial charge in [-0.25, -0.2) is 0 Å². The van der Waals surface area contributed by atoms with E-state index in [9.17, 15) is 5.11 Å². The number of fused-ring (bicyclic) bond motifs is 5. The predicted octanol–water partition coefficient (Wildman–Crippen LogP) is 4.36. The summed E-state index contributed by atoms with van der Waals surface area (Å²) in [5.74, 6) is 2.34. The summed E-state index contributed by atoms with van der Waals surface area (Å²) >= 11 is 0. The van der Waals surface area contributed by atoms with Crippen LogP contribution >= 0.6 is 0 Å². The lowest BCUT2D eigenvalue weighted by atomic mass is 9.47. The maximum atomic E-state index is 10.2. The molecule has 4 aliphatic rings. The van der Waals surface area contributed by atoms with Crippen LogP contribution in [0.3, 0.4) is 0 Å². The number of hydrogen-bond acceptors (Lipinski definition) is 2. The van der Waals surface area contributed by atoms with Crippen molar-refractivity contribution >= 4 is 13.4 Å². The highest BCUT2D eigenvalue weighted by atomic mass is 16.3. The third-order valence-electron chi connectivity index (χ3n) is 8.94. The Morgan fingerprint density at radius 2 is 1.93 bits per heavy atom. The molecule has 27 heavy (non-hydrogen) atoms. The first kappa shape index (κ1) is 17.7. The Morgan fingerprint density at radius 1 is 1.11 bits per heavy atom. The van der Waals surface area contributed by atoms with Gasteiger partial charge in [-0.05, 0) is 90.7 Å². The van der Waals surface area contributed by atoms with Crippen LogP contribution in [0.1, 0.15) is 64.4 Å². The fourth-order valence-electron chi connectivity index (χ4n) is 7.65. The summed E-state index contributed by atoms with van der Waals surface area (Å²) < 4.78 is 0. The highest BCUT2D eigenvalue weighted by Crippen LogP contribution is 2.67. The fourth-order valence-corrected chi connectivity index (χ4v) is 7.65. The number of pyridine rings is 1. The van der Waals surface area contributed by atoms with Crippen molar-refractivity contribution in [3.8, 4) is 0 Å².